The zero-order valence-electron chi connectivity index (χ0n) is 18.9. The standard InChI is InChI=1S/C27H26FN3O2/c1-16-12-17(2)14-20(13-16)29-27(32)31-11-10-22-23-15-21(33-3)8-9-24(23)30-25(22)26(31)18-4-6-19(28)7-5-18/h4-9,12-15,26,30H,10-11H2,1-3H3,(H,29,32)/t26-/m0/s1. The number of rotatable bonds is 3. The molecule has 5 nitrogen and oxygen atoms in total. The predicted molar refractivity (Wildman–Crippen MR) is 128 cm³/mol. The van der Waals surface area contributed by atoms with Gasteiger partial charge in [0.05, 0.1) is 13.2 Å². The molecular formula is C27H26FN3O2. The summed E-state index contributed by atoms with van der Waals surface area (Å²) in [5.41, 5.74) is 6.90. The fraction of sp³-hybridized carbons (Fsp3) is 0.222. The number of aryl methyl sites for hydroxylation is 2. The minimum atomic E-state index is -0.362. The third-order valence-corrected chi connectivity index (χ3v) is 6.25. The van der Waals surface area contributed by atoms with Gasteiger partial charge in [-0.15, -0.1) is 0 Å². The lowest BCUT2D eigenvalue weighted by Gasteiger charge is -2.36. The van der Waals surface area contributed by atoms with Gasteiger partial charge in [-0.2, -0.15) is 0 Å². The maximum Gasteiger partial charge on any atom is 0.322 e. The molecule has 6 heteroatoms. The number of aromatic amines is 1. The van der Waals surface area contributed by atoms with Crippen LogP contribution >= 0.6 is 0 Å². The summed E-state index contributed by atoms with van der Waals surface area (Å²) in [5, 5.41) is 4.15. The maximum absolute atomic E-state index is 13.7. The second kappa shape index (κ2) is 8.28. The number of urea groups is 1. The van der Waals surface area contributed by atoms with Gasteiger partial charge in [-0.05, 0) is 85.0 Å². The highest BCUT2D eigenvalue weighted by atomic mass is 19.1. The molecule has 1 aromatic heterocycles. The van der Waals surface area contributed by atoms with Gasteiger partial charge >= 0.3 is 6.03 Å². The van der Waals surface area contributed by atoms with Crippen LogP contribution in [0.15, 0.2) is 60.7 Å². The van der Waals surface area contributed by atoms with Gasteiger partial charge in [-0.1, -0.05) is 18.2 Å². The first-order valence-corrected chi connectivity index (χ1v) is 11.0. The number of methoxy groups -OCH3 is 1. The van der Waals surface area contributed by atoms with Crippen LogP contribution in [0.5, 0.6) is 5.75 Å². The van der Waals surface area contributed by atoms with Crippen molar-refractivity contribution in [3.63, 3.8) is 0 Å². The fourth-order valence-electron chi connectivity index (χ4n) is 4.85. The monoisotopic (exact) mass is 443 g/mol. The quantitative estimate of drug-likeness (QED) is 0.401. The van der Waals surface area contributed by atoms with E-state index in [4.69, 9.17) is 4.74 Å². The molecule has 168 valence electrons. The summed E-state index contributed by atoms with van der Waals surface area (Å²) < 4.78 is 19.1. The molecule has 0 saturated carbocycles. The summed E-state index contributed by atoms with van der Waals surface area (Å²) in [7, 11) is 1.65. The molecule has 4 aromatic rings. The predicted octanol–water partition coefficient (Wildman–Crippen LogP) is 6.11. The number of carbonyl (C=O) groups excluding carboxylic acids is 1. The van der Waals surface area contributed by atoms with Crippen LogP contribution < -0.4 is 10.1 Å². The number of aromatic nitrogens is 1. The molecule has 1 aliphatic heterocycles. The van der Waals surface area contributed by atoms with E-state index in [1.165, 1.54) is 12.1 Å². The van der Waals surface area contributed by atoms with E-state index >= 15 is 0 Å². The van der Waals surface area contributed by atoms with Crippen molar-refractivity contribution in [2.75, 3.05) is 19.0 Å². The van der Waals surface area contributed by atoms with E-state index in [1.807, 2.05) is 49.1 Å². The third-order valence-electron chi connectivity index (χ3n) is 6.25. The zero-order valence-corrected chi connectivity index (χ0v) is 18.9. The molecule has 2 amide bonds. The van der Waals surface area contributed by atoms with Crippen molar-refractivity contribution >= 4 is 22.6 Å². The lowest BCUT2D eigenvalue weighted by Crippen LogP contribution is -2.43. The first-order chi connectivity index (χ1) is 15.9. The smallest absolute Gasteiger partial charge is 0.322 e. The Labute approximate surface area is 192 Å². The largest absolute Gasteiger partial charge is 0.497 e. The molecule has 0 spiro atoms. The van der Waals surface area contributed by atoms with Crippen molar-refractivity contribution < 1.29 is 13.9 Å². The second-order valence-electron chi connectivity index (χ2n) is 8.63. The molecule has 1 aliphatic rings. The topological polar surface area (TPSA) is 57.4 Å². The number of anilines is 1. The van der Waals surface area contributed by atoms with Gasteiger partial charge in [0.2, 0.25) is 0 Å². The summed E-state index contributed by atoms with van der Waals surface area (Å²) in [6.07, 6.45) is 0.709. The lowest BCUT2D eigenvalue weighted by molar-refractivity contribution is 0.193. The summed E-state index contributed by atoms with van der Waals surface area (Å²) in [6.45, 7) is 4.56. The Kier molecular flexibility index (Phi) is 5.29. The molecule has 0 radical (unpaired) electrons. The van der Waals surface area contributed by atoms with Gasteiger partial charge in [0.25, 0.3) is 0 Å². The SMILES string of the molecule is COc1ccc2[nH]c3c(c2c1)CCN(C(=O)Nc1cc(C)cc(C)c1)[C@H]3c1ccc(F)cc1. The van der Waals surface area contributed by atoms with E-state index in [-0.39, 0.29) is 17.9 Å². The molecule has 0 fully saturated rings. The number of ether oxygens (including phenoxy) is 1. The second-order valence-corrected chi connectivity index (χ2v) is 8.63. The van der Waals surface area contributed by atoms with Gasteiger partial charge in [-0.25, -0.2) is 9.18 Å². The number of H-pyrrole nitrogens is 1. The van der Waals surface area contributed by atoms with E-state index in [9.17, 15) is 9.18 Å². The molecule has 0 aliphatic carbocycles. The molecule has 5 rings (SSSR count). The van der Waals surface area contributed by atoms with Crippen molar-refractivity contribution in [2.45, 2.75) is 26.3 Å². The minimum absolute atomic E-state index is 0.184. The third kappa shape index (κ3) is 3.93. The minimum Gasteiger partial charge on any atom is -0.497 e. The normalized spacial score (nSPS) is 15.4. The summed E-state index contributed by atoms with van der Waals surface area (Å²) >= 11 is 0. The maximum atomic E-state index is 13.7. The van der Waals surface area contributed by atoms with Crippen LogP contribution in [0.1, 0.15) is 34.0 Å². The Morgan fingerprint density at radius 1 is 1.06 bits per heavy atom. The number of hydrogen-bond acceptors (Lipinski definition) is 2. The Morgan fingerprint density at radius 3 is 2.48 bits per heavy atom. The molecule has 2 heterocycles. The van der Waals surface area contributed by atoms with Crippen molar-refractivity contribution in [1.29, 1.82) is 0 Å². The van der Waals surface area contributed by atoms with Crippen LogP contribution in [0.4, 0.5) is 14.9 Å². The Balaban J connectivity index is 1.58. The van der Waals surface area contributed by atoms with Gasteiger partial charge < -0.3 is 19.9 Å². The van der Waals surface area contributed by atoms with Crippen LogP contribution in [0.2, 0.25) is 0 Å². The summed E-state index contributed by atoms with van der Waals surface area (Å²) in [6, 6.07) is 17.8. The van der Waals surface area contributed by atoms with Crippen LogP contribution in [-0.4, -0.2) is 29.6 Å². The number of fused-ring (bicyclic) bond motifs is 3. The van der Waals surface area contributed by atoms with E-state index < -0.39 is 0 Å². The average molecular weight is 444 g/mol. The Hall–Kier alpha value is -3.80. The van der Waals surface area contributed by atoms with E-state index in [1.54, 1.807) is 19.2 Å². The molecule has 0 bridgehead atoms. The van der Waals surface area contributed by atoms with Crippen LogP contribution in [0.25, 0.3) is 10.9 Å². The van der Waals surface area contributed by atoms with E-state index in [0.29, 0.717) is 13.0 Å². The summed E-state index contributed by atoms with van der Waals surface area (Å²) in [5.74, 6) is 0.486. The van der Waals surface area contributed by atoms with E-state index in [0.717, 1.165) is 50.3 Å². The average Bonchev–Trinajstić information content (AvgIpc) is 3.16. The van der Waals surface area contributed by atoms with Gasteiger partial charge in [0.15, 0.2) is 0 Å². The van der Waals surface area contributed by atoms with Crippen LogP contribution in [0.3, 0.4) is 0 Å². The number of nitrogens with one attached hydrogen (secondary N) is 2. The highest BCUT2D eigenvalue weighted by Crippen LogP contribution is 2.39. The van der Waals surface area contributed by atoms with Crippen molar-refractivity contribution in [2.24, 2.45) is 0 Å². The van der Waals surface area contributed by atoms with Gasteiger partial charge in [0.1, 0.15) is 11.6 Å². The molecule has 0 saturated heterocycles. The molecule has 0 unspecified atom stereocenters. The van der Waals surface area contributed by atoms with E-state index in [2.05, 4.69) is 16.4 Å². The van der Waals surface area contributed by atoms with Gasteiger partial charge in [-0.3, -0.25) is 0 Å². The van der Waals surface area contributed by atoms with Gasteiger partial charge in [0, 0.05) is 28.8 Å². The molecule has 1 atom stereocenters. The first-order valence-electron chi connectivity index (χ1n) is 11.0. The fourth-order valence-corrected chi connectivity index (χ4v) is 4.85. The van der Waals surface area contributed by atoms with Crippen LogP contribution in [-0.2, 0) is 6.42 Å². The number of benzene rings is 3. The van der Waals surface area contributed by atoms with Crippen molar-refractivity contribution in [3.8, 4) is 5.75 Å². The molecular weight excluding hydrogens is 417 g/mol. The van der Waals surface area contributed by atoms with Crippen molar-refractivity contribution in [1.82, 2.24) is 9.88 Å². The number of nitrogens with zero attached hydrogens (tertiary/aromatic N) is 1. The number of halogens is 1. The number of hydrogen-bond donors (Lipinski definition) is 2. The van der Waals surface area contributed by atoms with Crippen molar-refractivity contribution in [3.05, 3.63) is 94.4 Å². The highest BCUT2D eigenvalue weighted by Gasteiger charge is 2.34. The Morgan fingerprint density at radius 2 is 1.79 bits per heavy atom. The van der Waals surface area contributed by atoms with Crippen LogP contribution in [0, 0.1) is 19.7 Å². The highest BCUT2D eigenvalue weighted by molar-refractivity contribution is 5.92. The lowest BCUT2D eigenvalue weighted by atomic mass is 9.92. The molecule has 33 heavy (non-hydrogen) atoms. The zero-order chi connectivity index (χ0) is 23.1. The molecule has 2 N–H and O–H groups in total. The summed E-state index contributed by atoms with van der Waals surface area (Å²) in [4.78, 5) is 18.8. The molecule has 3 aromatic carbocycles. The Bertz CT molecular complexity index is 1320. The number of carbonyl (C=O) groups is 1. The number of amides is 2. The first kappa shape index (κ1) is 21.1.